The van der Waals surface area contributed by atoms with Crippen molar-refractivity contribution in [3.8, 4) is 16.9 Å². The first-order chi connectivity index (χ1) is 29.4. The average Bonchev–Trinajstić information content (AvgIpc) is 4.07. The highest BCUT2D eigenvalue weighted by molar-refractivity contribution is 9.10. The number of fused-ring (bicyclic) bond motifs is 2. The van der Waals surface area contributed by atoms with Gasteiger partial charge in [-0.2, -0.15) is 0 Å². The van der Waals surface area contributed by atoms with Crippen molar-refractivity contribution in [3.63, 3.8) is 0 Å². The van der Waals surface area contributed by atoms with Gasteiger partial charge in [0, 0.05) is 63.4 Å². The van der Waals surface area contributed by atoms with Gasteiger partial charge in [-0.1, -0.05) is 23.7 Å². The van der Waals surface area contributed by atoms with Gasteiger partial charge in [-0.25, -0.2) is 19.3 Å². The van der Waals surface area contributed by atoms with E-state index in [1.165, 1.54) is 6.07 Å². The zero-order valence-electron chi connectivity index (χ0n) is 33.2. The number of nitrogens with zero attached hydrogens (tertiary/aromatic N) is 7. The van der Waals surface area contributed by atoms with E-state index in [0.29, 0.717) is 94.9 Å². The molecule has 0 atom stereocenters. The number of ether oxygens (including phenoxy) is 3. The van der Waals surface area contributed by atoms with Crippen LogP contribution in [0.3, 0.4) is 0 Å². The van der Waals surface area contributed by atoms with Gasteiger partial charge in [0.2, 0.25) is 17.9 Å². The number of hydrogen-bond acceptors (Lipinski definition) is 15. The number of hydrogen-bond donors (Lipinski definition) is 5. The van der Waals surface area contributed by atoms with Crippen LogP contribution >= 0.6 is 15.9 Å². The molecule has 0 saturated carbocycles. The number of anilines is 1. The molecule has 61 heavy (non-hydrogen) atoms. The number of carbonyl (C=O) groups is 2. The zero-order valence-corrected chi connectivity index (χ0v) is 34.8. The molecular weight excluding hydrogens is 858 g/mol. The molecule has 1 aromatic carbocycles. The number of nitrogens with one attached hydrogen (secondary N) is 1. The van der Waals surface area contributed by atoms with Gasteiger partial charge in [0.05, 0.1) is 50.0 Å². The zero-order chi connectivity index (χ0) is 44.1. The van der Waals surface area contributed by atoms with Crippen LogP contribution in [0.1, 0.15) is 61.2 Å². The Hall–Kier alpha value is -6.05. The van der Waals surface area contributed by atoms with Crippen LogP contribution < -0.4 is 15.5 Å². The summed E-state index contributed by atoms with van der Waals surface area (Å²) in [5.74, 6) is 1.03. The molecule has 316 valence electrons. The average molecular weight is 900 g/mol. The molecule has 8 rings (SSSR count). The number of aliphatic hydroxyl groups is 2. The van der Waals surface area contributed by atoms with Crippen molar-refractivity contribution in [3.05, 3.63) is 128 Å². The molecule has 0 radical (unpaired) electrons. The van der Waals surface area contributed by atoms with Crippen LogP contribution in [0.4, 0.5) is 16.2 Å². The molecule has 1 fully saturated rings. The Morgan fingerprint density at radius 1 is 0.902 bits per heavy atom. The number of aryl methyl sites for hydroxylation is 3. The van der Waals surface area contributed by atoms with Gasteiger partial charge in [-0.05, 0) is 73.1 Å². The number of pyridine rings is 3. The quantitative estimate of drug-likeness (QED) is 0.0779. The number of benzene rings is 1. The number of aromatic nitrogens is 6. The fourth-order valence-electron chi connectivity index (χ4n) is 6.10. The van der Waals surface area contributed by atoms with Gasteiger partial charge in [0.15, 0.2) is 12.6 Å². The third-order valence-corrected chi connectivity index (χ3v) is 9.87. The second kappa shape index (κ2) is 22.0. The maximum Gasteiger partial charge on any atom is 0.490 e. The molecule has 2 aliphatic heterocycles. The molecule has 0 aliphatic carbocycles. The lowest BCUT2D eigenvalue weighted by Crippen LogP contribution is -2.33. The van der Waals surface area contributed by atoms with Crippen molar-refractivity contribution >= 4 is 58.5 Å². The minimum Gasteiger partial charge on any atom is -0.493 e. The standard InChI is InChI=1S/C23H17FN6O2.C9H12BNO4.C7H6BrNO.C2H6O2/c1-13-15(4-3-14(12-31)28-13)18-10-27-23(30-11-21(25-2)29-22(18)30)26-9-17-16-7-8-32-20(16)6-5-19(17)24;1-6-7(10(12)13)2-3-8(11-6)9-14-4-5-15-9;1-5-7(8)3-2-6(4-10)9-5;3-1-2-4/h3-6,10-12H,7-9H2,1H3,(H,26,27);2-3,9,12-13H,4-5H2,1H3;2-4H,1H3;3-4H,1-2H2. The molecule has 0 bridgehead atoms. The lowest BCUT2D eigenvalue weighted by Gasteiger charge is -2.13. The van der Waals surface area contributed by atoms with E-state index in [2.05, 4.69) is 51.0 Å². The Morgan fingerprint density at radius 2 is 1.59 bits per heavy atom. The number of aliphatic hydroxyl groups excluding tert-OH is 2. The molecule has 6 aromatic rings. The summed E-state index contributed by atoms with van der Waals surface area (Å²) in [6, 6.07) is 13.2. The van der Waals surface area contributed by atoms with Crippen molar-refractivity contribution in [2.75, 3.05) is 38.4 Å². The highest BCUT2D eigenvalue weighted by atomic mass is 79.9. The predicted octanol–water partition coefficient (Wildman–Crippen LogP) is 4.20. The Labute approximate surface area is 358 Å². The minimum atomic E-state index is -1.49. The smallest absolute Gasteiger partial charge is 0.490 e. The fourth-order valence-corrected chi connectivity index (χ4v) is 6.32. The first kappa shape index (κ1) is 46.0. The number of carbonyl (C=O) groups excluding carboxylic acids is 2. The number of aldehydes is 2. The maximum absolute atomic E-state index is 14.5. The molecule has 17 nitrogen and oxygen atoms in total. The summed E-state index contributed by atoms with van der Waals surface area (Å²) in [4.78, 5) is 46.0. The highest BCUT2D eigenvalue weighted by Crippen LogP contribution is 2.32. The largest absolute Gasteiger partial charge is 0.493 e. The van der Waals surface area contributed by atoms with E-state index in [0.717, 1.165) is 27.6 Å². The van der Waals surface area contributed by atoms with E-state index in [-0.39, 0.29) is 31.4 Å². The number of imidazole rings is 1. The molecule has 2 aliphatic rings. The van der Waals surface area contributed by atoms with Crippen LogP contribution in [0.25, 0.3) is 21.6 Å². The lowest BCUT2D eigenvalue weighted by molar-refractivity contribution is -0.0473. The summed E-state index contributed by atoms with van der Waals surface area (Å²) < 4.78 is 33.2. The Balaban J connectivity index is 0.000000199. The van der Waals surface area contributed by atoms with Crippen LogP contribution in [0.5, 0.6) is 5.75 Å². The minimum absolute atomic E-state index is 0.125. The first-order valence-corrected chi connectivity index (χ1v) is 19.4. The summed E-state index contributed by atoms with van der Waals surface area (Å²) in [7, 11) is -1.49. The molecule has 1 saturated heterocycles. The van der Waals surface area contributed by atoms with E-state index in [9.17, 15) is 14.0 Å². The summed E-state index contributed by atoms with van der Waals surface area (Å²) in [5, 5.41) is 36.5. The number of halogens is 2. The lowest BCUT2D eigenvalue weighted by atomic mass is 9.79. The van der Waals surface area contributed by atoms with Gasteiger partial charge in [0.1, 0.15) is 23.0 Å². The monoisotopic (exact) mass is 898 g/mol. The molecule has 0 amide bonds. The molecule has 5 aromatic heterocycles. The van der Waals surface area contributed by atoms with Crippen LogP contribution in [0.15, 0.2) is 65.4 Å². The predicted molar refractivity (Wildman–Crippen MR) is 225 cm³/mol. The van der Waals surface area contributed by atoms with E-state index in [1.54, 1.807) is 67.0 Å². The summed E-state index contributed by atoms with van der Waals surface area (Å²) in [5.41, 5.74) is 7.26. The molecule has 0 unspecified atom stereocenters. The summed E-state index contributed by atoms with van der Waals surface area (Å²) >= 11 is 3.28. The molecule has 20 heteroatoms. The second-order valence-electron chi connectivity index (χ2n) is 13.1. The molecule has 0 spiro atoms. The van der Waals surface area contributed by atoms with Crippen LogP contribution in [0.2, 0.25) is 0 Å². The summed E-state index contributed by atoms with van der Waals surface area (Å²) in [6.45, 7) is 14.3. The highest BCUT2D eigenvalue weighted by Gasteiger charge is 2.23. The SMILES string of the molecule is Cc1nc(C2OCCO2)ccc1B(O)O.Cc1nc(C=O)ccc1Br.OCCO.[C-]#[N+]c1cn2c(NCc3c(F)ccc4c3CCO4)ncc(-c3ccc(C=O)nc3C)c2n1. The van der Waals surface area contributed by atoms with Crippen molar-refractivity contribution in [2.45, 2.75) is 40.0 Å². The summed E-state index contributed by atoms with van der Waals surface area (Å²) in [6.07, 6.45) is 4.88. The topological polar surface area (TPSA) is 228 Å². The Morgan fingerprint density at radius 3 is 2.20 bits per heavy atom. The van der Waals surface area contributed by atoms with E-state index >= 15 is 0 Å². The molecule has 7 heterocycles. The van der Waals surface area contributed by atoms with Crippen LogP contribution in [-0.4, -0.2) is 102 Å². The van der Waals surface area contributed by atoms with Crippen molar-refractivity contribution in [2.24, 2.45) is 0 Å². The van der Waals surface area contributed by atoms with Gasteiger partial charge in [0.25, 0.3) is 5.82 Å². The molecular formula is C41H41BBrFN8O9. The Bertz CT molecular complexity index is 2530. The fraction of sp³-hybridized carbons (Fsp3) is 0.268. The van der Waals surface area contributed by atoms with Gasteiger partial charge in [-0.15, -0.1) is 0 Å². The normalized spacial score (nSPS) is 12.7. The third kappa shape index (κ3) is 11.6. The number of rotatable bonds is 9. The van der Waals surface area contributed by atoms with E-state index in [4.69, 9.17) is 41.0 Å². The van der Waals surface area contributed by atoms with Crippen LogP contribution in [0, 0.1) is 33.2 Å². The van der Waals surface area contributed by atoms with Crippen molar-refractivity contribution < 1.29 is 48.5 Å². The maximum atomic E-state index is 14.5. The third-order valence-electron chi connectivity index (χ3n) is 9.03. The van der Waals surface area contributed by atoms with Gasteiger partial charge < -0.3 is 44.6 Å². The van der Waals surface area contributed by atoms with Gasteiger partial charge >= 0.3 is 7.12 Å². The van der Waals surface area contributed by atoms with E-state index in [1.807, 2.05) is 13.0 Å². The van der Waals surface area contributed by atoms with Gasteiger partial charge in [-0.3, -0.25) is 19.0 Å². The Kier molecular flexibility index (Phi) is 16.6. The second-order valence-corrected chi connectivity index (χ2v) is 13.9. The van der Waals surface area contributed by atoms with E-state index < -0.39 is 13.4 Å². The van der Waals surface area contributed by atoms with Crippen molar-refractivity contribution in [1.82, 2.24) is 29.3 Å². The van der Waals surface area contributed by atoms with Crippen LogP contribution in [-0.2, 0) is 22.4 Å². The molecule has 5 N–H and O–H groups in total. The van der Waals surface area contributed by atoms with Crippen molar-refractivity contribution in [1.29, 1.82) is 0 Å². The first-order valence-electron chi connectivity index (χ1n) is 18.6.